The number of aliphatic carboxylic acids is 1. The van der Waals surface area contributed by atoms with Gasteiger partial charge in [-0.1, -0.05) is 48.5 Å². The minimum absolute atomic E-state index is 0. The van der Waals surface area contributed by atoms with Crippen LogP contribution in [0.25, 0.3) is 19.4 Å². The van der Waals surface area contributed by atoms with E-state index in [-0.39, 0.29) is 93.3 Å². The molecule has 23 nitrogen and oxygen atoms in total. The third-order valence-corrected chi connectivity index (χ3v) is 10.7. The first-order chi connectivity index (χ1) is 36.7. The summed E-state index contributed by atoms with van der Waals surface area (Å²) in [5, 5.41) is 15.0. The summed E-state index contributed by atoms with van der Waals surface area (Å²) in [4.78, 5) is 91.0. The second-order valence-electron chi connectivity index (χ2n) is 16.2. The van der Waals surface area contributed by atoms with Gasteiger partial charge in [-0.05, 0) is 69.3 Å². The molecule has 2 saturated heterocycles. The van der Waals surface area contributed by atoms with Crippen molar-refractivity contribution in [1.82, 2.24) is 14.7 Å². The number of rotatable bonds is 20. The molecule has 0 aliphatic carbocycles. The maximum absolute atomic E-state index is 12.2. The minimum atomic E-state index is -0.928. The summed E-state index contributed by atoms with van der Waals surface area (Å²) in [5.41, 5.74) is 11.0. The Balaban J connectivity index is 0.000000527. The van der Waals surface area contributed by atoms with Crippen molar-refractivity contribution in [2.75, 3.05) is 132 Å². The van der Waals surface area contributed by atoms with Crippen molar-refractivity contribution in [3.8, 4) is 0 Å². The van der Waals surface area contributed by atoms with E-state index >= 15 is 0 Å². The third kappa shape index (κ3) is 25.5. The number of carbonyl (C=O) groups excluding carboxylic acids is 5. The van der Waals surface area contributed by atoms with Crippen LogP contribution in [0.4, 0.5) is 45.5 Å². The van der Waals surface area contributed by atoms with E-state index in [0.29, 0.717) is 88.4 Å². The maximum Gasteiger partial charge on any atom is 1.00 e. The normalized spacial score (nSPS) is 12.6. The Morgan fingerprint density at radius 2 is 0.910 bits per heavy atom. The number of hydrogen-bond donors (Lipinski definition) is 4. The Labute approximate surface area is 467 Å². The molecular weight excluding hydrogens is 1000 g/mol. The molecule has 2 aliphatic heterocycles. The van der Waals surface area contributed by atoms with E-state index in [1.807, 2.05) is 24.3 Å². The molecule has 0 bridgehead atoms. The van der Waals surface area contributed by atoms with Gasteiger partial charge in [0.2, 0.25) is 11.8 Å². The second-order valence-corrected chi connectivity index (χ2v) is 16.2. The molecule has 0 spiro atoms. The molecule has 2 aliphatic rings. The quantitative estimate of drug-likeness (QED) is 0.0429. The van der Waals surface area contributed by atoms with Gasteiger partial charge in [-0.3, -0.25) is 43.5 Å². The summed E-state index contributed by atoms with van der Waals surface area (Å²) < 4.78 is 14.7. The molecule has 6 N–H and O–H groups in total. The van der Waals surface area contributed by atoms with Gasteiger partial charge in [0.05, 0.1) is 85.4 Å². The van der Waals surface area contributed by atoms with Gasteiger partial charge in [0.15, 0.2) is 22.7 Å². The monoisotopic (exact) mass is 1060 g/mol. The molecule has 0 unspecified atom stereocenters. The van der Waals surface area contributed by atoms with Crippen molar-refractivity contribution >= 4 is 81.2 Å². The average Bonchev–Trinajstić information content (AvgIpc) is 3.41. The van der Waals surface area contributed by atoms with Crippen molar-refractivity contribution in [3.63, 3.8) is 0 Å². The van der Waals surface area contributed by atoms with Crippen molar-refractivity contribution in [3.05, 3.63) is 143 Å². The molecule has 2 heterocycles. The van der Waals surface area contributed by atoms with Crippen molar-refractivity contribution < 1.29 is 72.4 Å². The number of carbonyl (C=O) groups is 6. The Bertz CT molecular complexity index is 2650. The zero-order chi connectivity index (χ0) is 55.7. The molecule has 4 aromatic rings. The molecule has 0 saturated carbocycles. The number of piperazine rings is 2. The van der Waals surface area contributed by atoms with Gasteiger partial charge in [0.25, 0.3) is 0 Å². The van der Waals surface area contributed by atoms with Crippen LogP contribution in [-0.2, 0) is 43.0 Å². The van der Waals surface area contributed by atoms with Crippen LogP contribution in [-0.4, -0.2) is 172 Å². The summed E-state index contributed by atoms with van der Waals surface area (Å²) in [6.07, 6.45) is 0. The van der Waals surface area contributed by atoms with Gasteiger partial charge in [0, 0.05) is 75.1 Å². The summed E-state index contributed by atoms with van der Waals surface area (Å²) in [7, 11) is 0. The fourth-order valence-electron chi connectivity index (χ4n) is 7.13. The minimum Gasteiger partial charge on any atom is -0.870 e. The van der Waals surface area contributed by atoms with E-state index in [0.717, 1.165) is 29.3 Å². The summed E-state index contributed by atoms with van der Waals surface area (Å²) in [5.74, 6) is -2.15. The molecule has 408 valence electrons. The predicted molar refractivity (Wildman–Crippen MR) is 290 cm³/mol. The van der Waals surface area contributed by atoms with E-state index in [2.05, 4.69) is 30.0 Å². The smallest absolute Gasteiger partial charge is 0.870 e. The fourth-order valence-corrected chi connectivity index (χ4v) is 7.13. The van der Waals surface area contributed by atoms with Crippen LogP contribution in [0.15, 0.2) is 97.1 Å². The number of esters is 3. The molecule has 6 rings (SSSR count). The zero-order valence-corrected chi connectivity index (χ0v) is 44.4. The SMILES string of the molecule is [C-]#[N+]c1ccc(N2CCN(CC(=O)O)CC2=O)cc1.[C-]#[N+]c1ccc(N2CCN(CC(=O)OCC)CC2=O)cc1.[C-]#[N+]c1ccc(NCCN(CC(=O)OCC)CC(=O)OCC)cc1.[C-]#[N+]c1ccc(NCCN)cc1.[Li+].[OH-]. The number of nitrogens with one attached hydrogen (secondary N) is 2. The molecule has 78 heavy (non-hydrogen) atoms. The van der Waals surface area contributed by atoms with Crippen LogP contribution in [0.3, 0.4) is 0 Å². The number of benzene rings is 4. The van der Waals surface area contributed by atoms with Crippen LogP contribution in [0.1, 0.15) is 20.8 Å². The maximum atomic E-state index is 12.2. The largest absolute Gasteiger partial charge is 1.00 e. The number of carboxylic acid groups (broad SMARTS) is 1. The van der Waals surface area contributed by atoms with Gasteiger partial charge in [-0.25, -0.2) is 19.4 Å². The first kappa shape index (κ1) is 67.7. The van der Waals surface area contributed by atoms with Crippen LogP contribution < -0.4 is 45.0 Å². The molecule has 0 atom stereocenters. The van der Waals surface area contributed by atoms with E-state index in [1.165, 1.54) is 0 Å². The van der Waals surface area contributed by atoms with E-state index in [4.69, 9.17) is 51.3 Å². The molecule has 4 aromatic carbocycles. The zero-order valence-electron chi connectivity index (χ0n) is 44.4. The number of nitrogens with zero attached hydrogens (tertiary/aromatic N) is 9. The van der Waals surface area contributed by atoms with Gasteiger partial charge in [-0.2, -0.15) is 0 Å². The van der Waals surface area contributed by atoms with Crippen LogP contribution in [0.5, 0.6) is 0 Å². The van der Waals surface area contributed by atoms with Gasteiger partial charge >= 0.3 is 42.7 Å². The molecule has 2 fully saturated rings. The predicted octanol–water partition coefficient (Wildman–Crippen LogP) is 2.93. The summed E-state index contributed by atoms with van der Waals surface area (Å²) >= 11 is 0. The second kappa shape index (κ2) is 38.2. The average molecular weight is 1070 g/mol. The molecular formula is C54H65LiN12O11. The number of ether oxygens (including phenoxy) is 3. The topological polar surface area (TPSA) is 264 Å². The van der Waals surface area contributed by atoms with Gasteiger partial charge in [0.1, 0.15) is 0 Å². The van der Waals surface area contributed by atoms with Crippen molar-refractivity contribution in [2.24, 2.45) is 5.73 Å². The number of hydrogen-bond acceptors (Lipinski definition) is 16. The first-order valence-corrected chi connectivity index (χ1v) is 24.2. The van der Waals surface area contributed by atoms with Gasteiger partial charge in [-0.15, -0.1) is 0 Å². The Morgan fingerprint density at radius 3 is 1.24 bits per heavy atom. The Kier molecular flexibility index (Phi) is 33.2. The van der Waals surface area contributed by atoms with Crippen LogP contribution in [0, 0.1) is 26.3 Å². The van der Waals surface area contributed by atoms with Crippen LogP contribution in [0.2, 0.25) is 0 Å². The summed E-state index contributed by atoms with van der Waals surface area (Å²) in [6, 6.07) is 28.1. The summed E-state index contributed by atoms with van der Waals surface area (Å²) in [6.45, 7) is 38.6. The molecule has 24 heteroatoms. The van der Waals surface area contributed by atoms with E-state index < -0.39 is 5.97 Å². The molecule has 0 aromatic heterocycles. The van der Waals surface area contributed by atoms with E-state index in [1.54, 1.807) is 118 Å². The Morgan fingerprint density at radius 1 is 0.564 bits per heavy atom. The Hall–Kier alpha value is -8.34. The van der Waals surface area contributed by atoms with Crippen molar-refractivity contribution in [1.29, 1.82) is 0 Å². The number of anilines is 4. The number of nitrogens with two attached hydrogens (primary N) is 1. The van der Waals surface area contributed by atoms with Gasteiger partial charge < -0.3 is 51.0 Å². The fraction of sp³-hybridized carbons (Fsp3) is 0.370. The number of amides is 2. The standard InChI is InChI=1S/C17H23N3O4.C15H17N3O3.C13H13N3O3.C9H11N3.Li.H2O/c1-4-23-16(21)12-20(13-17(22)24-5-2)11-10-19-15-8-6-14(18-3)7-9-15;1-3-21-15(20)11-17-8-9-18(14(19)10-17)13-6-4-12(16-2)5-7-13;1-14-10-2-4-11(5-3-10)16-7-6-15(8-12(16)17)9-13(18)19;1-11-8-2-4-9(5-3-8)12-7-6-10;;/h6-9,19H,4-5,10-13H2,1-2H3;4-7H,3,8-11H2,1H3;2-5H,6-9H2,(H,18,19);2-5,12H,6-7,10H2;;1H2/q;;;;+1;/p-1. The number of carboxylic acids is 1. The molecule has 0 radical (unpaired) electrons. The third-order valence-electron chi connectivity index (χ3n) is 10.7. The molecule has 2 amide bonds. The first-order valence-electron chi connectivity index (χ1n) is 24.2. The van der Waals surface area contributed by atoms with Crippen LogP contribution >= 0.6 is 0 Å². The van der Waals surface area contributed by atoms with Crippen molar-refractivity contribution in [2.45, 2.75) is 20.8 Å². The van der Waals surface area contributed by atoms with E-state index in [9.17, 15) is 28.8 Å².